The first-order valence-electron chi connectivity index (χ1n) is 8.46. The summed E-state index contributed by atoms with van der Waals surface area (Å²) in [5.41, 5.74) is 2.40. The molecule has 2 aromatic rings. The van der Waals surface area contributed by atoms with E-state index in [0.29, 0.717) is 31.7 Å². The fraction of sp³-hybridized carbons (Fsp3) is 0.300. The molecule has 1 saturated heterocycles. The second-order valence-electron chi connectivity index (χ2n) is 6.26. The van der Waals surface area contributed by atoms with Crippen molar-refractivity contribution in [2.24, 2.45) is 0 Å². The van der Waals surface area contributed by atoms with Crippen LogP contribution in [0.2, 0.25) is 0 Å². The minimum absolute atomic E-state index is 0.0199. The lowest BCUT2D eigenvalue weighted by molar-refractivity contribution is 0.0718. The maximum Gasteiger partial charge on any atom is 0.254 e. The van der Waals surface area contributed by atoms with Crippen LogP contribution < -0.4 is 0 Å². The van der Waals surface area contributed by atoms with Crippen LogP contribution in [0.5, 0.6) is 0 Å². The van der Waals surface area contributed by atoms with Crippen molar-refractivity contribution in [2.75, 3.05) is 26.2 Å². The Balaban J connectivity index is 1.69. The predicted molar refractivity (Wildman–Crippen MR) is 102 cm³/mol. The van der Waals surface area contributed by atoms with Gasteiger partial charge < -0.3 is 9.80 Å². The minimum atomic E-state index is 0.0199. The van der Waals surface area contributed by atoms with E-state index in [2.05, 4.69) is 15.9 Å². The maximum atomic E-state index is 12.8. The van der Waals surface area contributed by atoms with Gasteiger partial charge in [0.2, 0.25) is 0 Å². The van der Waals surface area contributed by atoms with Crippen molar-refractivity contribution in [3.63, 3.8) is 0 Å². The molecule has 0 saturated carbocycles. The van der Waals surface area contributed by atoms with Crippen LogP contribution in [-0.2, 0) is 0 Å². The molecule has 130 valence electrons. The summed E-state index contributed by atoms with van der Waals surface area (Å²) >= 11 is 3.41. The number of benzene rings is 2. The molecule has 1 aliphatic heterocycles. The van der Waals surface area contributed by atoms with Crippen molar-refractivity contribution in [3.05, 3.63) is 69.7 Å². The lowest BCUT2D eigenvalue weighted by Crippen LogP contribution is -2.37. The molecule has 1 aliphatic rings. The molecule has 0 atom stereocenters. The van der Waals surface area contributed by atoms with Gasteiger partial charge in [-0.2, -0.15) is 0 Å². The third kappa shape index (κ3) is 4.10. The molecule has 4 nitrogen and oxygen atoms in total. The lowest BCUT2D eigenvalue weighted by atomic mass is 10.1. The lowest BCUT2D eigenvalue weighted by Gasteiger charge is -2.23. The average molecular weight is 401 g/mol. The highest BCUT2D eigenvalue weighted by atomic mass is 79.9. The molecule has 0 unspecified atom stereocenters. The Kier molecular flexibility index (Phi) is 5.53. The third-order valence-corrected chi connectivity index (χ3v) is 5.01. The normalized spacial score (nSPS) is 15.0. The van der Waals surface area contributed by atoms with Crippen molar-refractivity contribution >= 4 is 27.7 Å². The van der Waals surface area contributed by atoms with E-state index in [1.807, 2.05) is 65.3 Å². The molecule has 1 fully saturated rings. The number of halogens is 1. The molecule has 1 heterocycles. The summed E-state index contributed by atoms with van der Waals surface area (Å²) < 4.78 is 0.893. The maximum absolute atomic E-state index is 12.8. The van der Waals surface area contributed by atoms with Crippen LogP contribution in [0.15, 0.2) is 53.0 Å². The Morgan fingerprint density at radius 1 is 0.880 bits per heavy atom. The minimum Gasteiger partial charge on any atom is -0.337 e. The smallest absolute Gasteiger partial charge is 0.254 e. The molecule has 3 rings (SSSR count). The first-order chi connectivity index (χ1) is 12.1. The van der Waals surface area contributed by atoms with E-state index < -0.39 is 0 Å². The number of carbonyl (C=O) groups is 2. The van der Waals surface area contributed by atoms with Gasteiger partial charge in [-0.3, -0.25) is 9.59 Å². The molecule has 25 heavy (non-hydrogen) atoms. The number of amides is 2. The Bertz CT molecular complexity index is 791. The third-order valence-electron chi connectivity index (χ3n) is 4.52. The van der Waals surface area contributed by atoms with Crippen molar-refractivity contribution < 1.29 is 9.59 Å². The molecule has 5 heteroatoms. The van der Waals surface area contributed by atoms with E-state index in [9.17, 15) is 9.59 Å². The number of aryl methyl sites for hydroxylation is 1. The second kappa shape index (κ2) is 7.83. The van der Waals surface area contributed by atoms with Crippen molar-refractivity contribution in [2.45, 2.75) is 13.3 Å². The number of carbonyl (C=O) groups excluding carboxylic acids is 2. The zero-order valence-electron chi connectivity index (χ0n) is 14.2. The van der Waals surface area contributed by atoms with Crippen LogP contribution >= 0.6 is 15.9 Å². The van der Waals surface area contributed by atoms with Gasteiger partial charge in [0.1, 0.15) is 0 Å². The molecule has 0 spiro atoms. The van der Waals surface area contributed by atoms with Crippen LogP contribution in [0.1, 0.15) is 32.7 Å². The van der Waals surface area contributed by atoms with Crippen LogP contribution in [0.4, 0.5) is 0 Å². The molecule has 0 bridgehead atoms. The van der Waals surface area contributed by atoms with Crippen molar-refractivity contribution in [1.29, 1.82) is 0 Å². The summed E-state index contributed by atoms with van der Waals surface area (Å²) in [6.45, 7) is 4.42. The highest BCUT2D eigenvalue weighted by Gasteiger charge is 2.24. The molecule has 0 aromatic heterocycles. The summed E-state index contributed by atoms with van der Waals surface area (Å²) in [7, 11) is 0. The fourth-order valence-corrected chi connectivity index (χ4v) is 3.51. The SMILES string of the molecule is Cc1ccccc1C(=O)N1CCCN(C(=O)c2cccc(Br)c2)CC1. The van der Waals surface area contributed by atoms with Gasteiger partial charge in [-0.15, -0.1) is 0 Å². The molecular formula is C20H21BrN2O2. The predicted octanol–water partition coefficient (Wildman–Crippen LogP) is 3.75. The zero-order chi connectivity index (χ0) is 17.8. The summed E-state index contributed by atoms with van der Waals surface area (Å²) in [5, 5.41) is 0. The Labute approximate surface area is 156 Å². The zero-order valence-corrected chi connectivity index (χ0v) is 15.8. The molecular weight excluding hydrogens is 380 g/mol. The molecule has 2 amide bonds. The van der Waals surface area contributed by atoms with Crippen molar-refractivity contribution in [3.8, 4) is 0 Å². The topological polar surface area (TPSA) is 40.6 Å². The van der Waals surface area contributed by atoms with Gasteiger partial charge in [-0.1, -0.05) is 40.2 Å². The number of rotatable bonds is 2. The Morgan fingerprint density at radius 2 is 1.56 bits per heavy atom. The average Bonchev–Trinajstić information content (AvgIpc) is 2.87. The highest BCUT2D eigenvalue weighted by molar-refractivity contribution is 9.10. The standard InChI is InChI=1S/C20H21BrN2O2/c1-15-6-2-3-9-18(15)20(25)23-11-5-10-22(12-13-23)19(24)16-7-4-8-17(21)14-16/h2-4,6-9,14H,5,10-13H2,1H3. The van der Waals surface area contributed by atoms with Crippen LogP contribution in [0.25, 0.3) is 0 Å². The summed E-state index contributed by atoms with van der Waals surface area (Å²) in [4.78, 5) is 29.2. The first kappa shape index (κ1) is 17.7. The van der Waals surface area contributed by atoms with Crippen LogP contribution in [0.3, 0.4) is 0 Å². The van der Waals surface area contributed by atoms with E-state index in [1.165, 1.54) is 0 Å². The summed E-state index contributed by atoms with van der Waals surface area (Å²) in [6.07, 6.45) is 0.789. The fourth-order valence-electron chi connectivity index (χ4n) is 3.11. The number of hydrogen-bond acceptors (Lipinski definition) is 2. The van der Waals surface area contributed by atoms with Crippen molar-refractivity contribution in [1.82, 2.24) is 9.80 Å². The van der Waals surface area contributed by atoms with E-state index >= 15 is 0 Å². The van der Waals surface area contributed by atoms with Gasteiger partial charge >= 0.3 is 0 Å². The first-order valence-corrected chi connectivity index (χ1v) is 9.25. The van der Waals surface area contributed by atoms with Gasteiger partial charge in [0.05, 0.1) is 0 Å². The molecule has 0 aliphatic carbocycles. The number of nitrogens with zero attached hydrogens (tertiary/aromatic N) is 2. The van der Waals surface area contributed by atoms with Gasteiger partial charge in [0, 0.05) is 41.8 Å². The molecule has 0 N–H and O–H groups in total. The Morgan fingerprint density at radius 3 is 2.24 bits per heavy atom. The summed E-state index contributed by atoms with van der Waals surface area (Å²) in [6, 6.07) is 15.1. The number of hydrogen-bond donors (Lipinski definition) is 0. The summed E-state index contributed by atoms with van der Waals surface area (Å²) in [5.74, 6) is 0.0707. The van der Waals surface area contributed by atoms with E-state index in [0.717, 1.165) is 22.0 Å². The van der Waals surface area contributed by atoms with E-state index in [-0.39, 0.29) is 11.8 Å². The van der Waals surface area contributed by atoms with Gasteiger partial charge in [-0.05, 0) is 43.2 Å². The van der Waals surface area contributed by atoms with Crippen LogP contribution in [-0.4, -0.2) is 47.8 Å². The second-order valence-corrected chi connectivity index (χ2v) is 7.18. The highest BCUT2D eigenvalue weighted by Crippen LogP contribution is 2.16. The molecule has 0 radical (unpaired) electrons. The quantitative estimate of drug-likeness (QED) is 0.769. The van der Waals surface area contributed by atoms with Gasteiger partial charge in [0.15, 0.2) is 0 Å². The molecule has 2 aromatic carbocycles. The van der Waals surface area contributed by atoms with E-state index in [1.54, 1.807) is 0 Å². The Hall–Kier alpha value is -2.14. The largest absolute Gasteiger partial charge is 0.337 e. The van der Waals surface area contributed by atoms with Gasteiger partial charge in [-0.25, -0.2) is 0 Å². The van der Waals surface area contributed by atoms with Crippen LogP contribution in [0, 0.1) is 6.92 Å². The van der Waals surface area contributed by atoms with E-state index in [4.69, 9.17) is 0 Å². The van der Waals surface area contributed by atoms with Gasteiger partial charge in [0.25, 0.3) is 11.8 Å². The monoisotopic (exact) mass is 400 g/mol.